The predicted molar refractivity (Wildman–Crippen MR) is 124 cm³/mol. The molecule has 3 aromatic carbocycles. The Hall–Kier alpha value is -3.91. The third-order valence-corrected chi connectivity index (χ3v) is 6.04. The van der Waals surface area contributed by atoms with Crippen LogP contribution in [0.1, 0.15) is 5.56 Å². The second-order valence-electron chi connectivity index (χ2n) is 6.99. The maximum absolute atomic E-state index is 12.7. The molecular weight excluding hydrogens is 410 g/mol. The van der Waals surface area contributed by atoms with Gasteiger partial charge in [-0.3, -0.25) is 4.72 Å². The Morgan fingerprint density at radius 3 is 2.45 bits per heavy atom. The zero-order valence-corrected chi connectivity index (χ0v) is 17.6. The number of anilines is 4. The van der Waals surface area contributed by atoms with Crippen molar-refractivity contribution in [2.24, 2.45) is 0 Å². The van der Waals surface area contributed by atoms with Gasteiger partial charge in [-0.15, -0.1) is 0 Å². The van der Waals surface area contributed by atoms with E-state index in [1.54, 1.807) is 36.4 Å². The maximum atomic E-state index is 12.7. The topological polar surface area (TPSA) is 110 Å². The summed E-state index contributed by atoms with van der Waals surface area (Å²) in [6.07, 6.45) is 1.47. The molecule has 4 rings (SSSR count). The van der Waals surface area contributed by atoms with Crippen molar-refractivity contribution in [3.63, 3.8) is 0 Å². The van der Waals surface area contributed by atoms with E-state index in [-0.39, 0.29) is 4.90 Å². The molecule has 0 saturated heterocycles. The van der Waals surface area contributed by atoms with E-state index in [1.807, 2.05) is 49.4 Å². The molecule has 4 N–H and O–H groups in total. The molecule has 156 valence electrons. The Morgan fingerprint density at radius 1 is 0.871 bits per heavy atom. The minimum atomic E-state index is -3.69. The summed E-state index contributed by atoms with van der Waals surface area (Å²) < 4.78 is 28.0. The van der Waals surface area contributed by atoms with Crippen molar-refractivity contribution in [3.05, 3.63) is 90.8 Å². The van der Waals surface area contributed by atoms with Gasteiger partial charge in [0.05, 0.1) is 16.3 Å². The molecule has 0 spiro atoms. The Kier molecular flexibility index (Phi) is 5.55. The van der Waals surface area contributed by atoms with Crippen LogP contribution >= 0.6 is 0 Å². The van der Waals surface area contributed by atoms with Crippen LogP contribution < -0.4 is 15.8 Å². The molecule has 1 aromatic heterocycles. The van der Waals surface area contributed by atoms with Gasteiger partial charge in [-0.1, -0.05) is 36.4 Å². The number of nitrogen functional groups attached to an aromatic ring is 1. The van der Waals surface area contributed by atoms with Gasteiger partial charge in [0.2, 0.25) is 0 Å². The highest BCUT2D eigenvalue weighted by molar-refractivity contribution is 7.92. The summed E-state index contributed by atoms with van der Waals surface area (Å²) in [6.45, 7) is 1.84. The van der Waals surface area contributed by atoms with Gasteiger partial charge in [0.25, 0.3) is 10.0 Å². The Morgan fingerprint density at radius 2 is 1.68 bits per heavy atom. The summed E-state index contributed by atoms with van der Waals surface area (Å²) in [7, 11) is -3.69. The third kappa shape index (κ3) is 4.81. The van der Waals surface area contributed by atoms with Gasteiger partial charge in [-0.05, 0) is 48.9 Å². The van der Waals surface area contributed by atoms with Crippen LogP contribution in [0.4, 0.5) is 22.9 Å². The highest BCUT2D eigenvalue weighted by atomic mass is 32.2. The molecule has 0 unspecified atom stereocenters. The van der Waals surface area contributed by atoms with Gasteiger partial charge < -0.3 is 11.1 Å². The number of rotatable bonds is 6. The van der Waals surface area contributed by atoms with Crippen LogP contribution in [0.3, 0.4) is 0 Å². The van der Waals surface area contributed by atoms with Gasteiger partial charge in [-0.25, -0.2) is 18.4 Å². The molecule has 0 atom stereocenters. The van der Waals surface area contributed by atoms with Crippen molar-refractivity contribution in [3.8, 4) is 11.3 Å². The van der Waals surface area contributed by atoms with Gasteiger partial charge >= 0.3 is 0 Å². The largest absolute Gasteiger partial charge is 0.399 e. The molecule has 0 fully saturated rings. The molecule has 0 bridgehead atoms. The molecular formula is C23H21N5O2S. The summed E-state index contributed by atoms with van der Waals surface area (Å²) in [6, 6.07) is 22.9. The molecule has 8 heteroatoms. The van der Waals surface area contributed by atoms with Crippen LogP contribution in [0.15, 0.2) is 90.1 Å². The predicted octanol–water partition coefficient (Wildman–Crippen LogP) is 4.58. The average molecular weight is 432 g/mol. The number of aromatic nitrogens is 2. The first-order valence-corrected chi connectivity index (χ1v) is 11.0. The summed E-state index contributed by atoms with van der Waals surface area (Å²) in [5.74, 6) is 0.577. The third-order valence-electron chi connectivity index (χ3n) is 4.66. The van der Waals surface area contributed by atoms with E-state index in [2.05, 4.69) is 20.0 Å². The number of nitrogens with two attached hydrogens (primary N) is 1. The van der Waals surface area contributed by atoms with E-state index in [0.717, 1.165) is 16.8 Å². The fourth-order valence-corrected chi connectivity index (χ4v) is 4.19. The second-order valence-corrected chi connectivity index (χ2v) is 8.67. The molecule has 7 nitrogen and oxygen atoms in total. The normalized spacial score (nSPS) is 11.1. The van der Waals surface area contributed by atoms with Crippen molar-refractivity contribution in [2.45, 2.75) is 11.8 Å². The zero-order chi connectivity index (χ0) is 21.8. The van der Waals surface area contributed by atoms with Crippen molar-refractivity contribution in [1.29, 1.82) is 0 Å². The standard InChI is InChI=1S/C23H21N5O2S/c1-16-10-11-19(13-21(16)28-31(29,30)20-8-3-2-4-9-20)27-23-14-22(25-15-26-23)17-6-5-7-18(24)12-17/h2-15,28H,24H2,1H3,(H,25,26,27). The number of nitrogens with one attached hydrogen (secondary N) is 2. The van der Waals surface area contributed by atoms with Crippen molar-refractivity contribution < 1.29 is 8.42 Å². The maximum Gasteiger partial charge on any atom is 0.261 e. The van der Waals surface area contributed by atoms with E-state index in [9.17, 15) is 8.42 Å². The van der Waals surface area contributed by atoms with E-state index in [0.29, 0.717) is 22.9 Å². The summed E-state index contributed by atoms with van der Waals surface area (Å²) in [5.41, 5.74) is 10.1. The first-order valence-electron chi connectivity index (χ1n) is 9.54. The highest BCUT2D eigenvalue weighted by Crippen LogP contribution is 2.27. The number of sulfonamides is 1. The van der Waals surface area contributed by atoms with Crippen molar-refractivity contribution in [2.75, 3.05) is 15.8 Å². The first kappa shape index (κ1) is 20.4. The van der Waals surface area contributed by atoms with Gasteiger partial charge in [0, 0.05) is 23.0 Å². The lowest BCUT2D eigenvalue weighted by Crippen LogP contribution is -2.13. The van der Waals surface area contributed by atoms with Crippen LogP contribution in [0.5, 0.6) is 0 Å². The molecule has 0 aliphatic heterocycles. The van der Waals surface area contributed by atoms with Crippen LogP contribution in [0.25, 0.3) is 11.3 Å². The fourth-order valence-electron chi connectivity index (χ4n) is 3.04. The van der Waals surface area contributed by atoms with Gasteiger partial charge in [-0.2, -0.15) is 0 Å². The van der Waals surface area contributed by atoms with Gasteiger partial charge in [0.15, 0.2) is 0 Å². The molecule has 4 aromatic rings. The molecule has 31 heavy (non-hydrogen) atoms. The van der Waals surface area contributed by atoms with Crippen LogP contribution in [0, 0.1) is 6.92 Å². The SMILES string of the molecule is Cc1ccc(Nc2cc(-c3cccc(N)c3)ncn2)cc1NS(=O)(=O)c1ccccc1. The smallest absolute Gasteiger partial charge is 0.261 e. The van der Waals surface area contributed by atoms with E-state index in [4.69, 9.17) is 5.73 Å². The Bertz CT molecular complexity index is 1320. The summed E-state index contributed by atoms with van der Waals surface area (Å²) >= 11 is 0. The molecule has 0 saturated carbocycles. The number of benzene rings is 3. The van der Waals surface area contributed by atoms with Crippen LogP contribution in [-0.4, -0.2) is 18.4 Å². The average Bonchev–Trinajstić information content (AvgIpc) is 2.77. The molecule has 0 radical (unpaired) electrons. The summed E-state index contributed by atoms with van der Waals surface area (Å²) in [5, 5.41) is 3.20. The van der Waals surface area contributed by atoms with Crippen molar-refractivity contribution in [1.82, 2.24) is 9.97 Å². The minimum absolute atomic E-state index is 0.204. The van der Waals surface area contributed by atoms with E-state index in [1.165, 1.54) is 6.33 Å². The lowest BCUT2D eigenvalue weighted by molar-refractivity contribution is 0.601. The lowest BCUT2D eigenvalue weighted by atomic mass is 10.1. The second kappa shape index (κ2) is 8.45. The first-order chi connectivity index (χ1) is 14.9. The van der Waals surface area contributed by atoms with Crippen molar-refractivity contribution >= 4 is 32.9 Å². The fraction of sp³-hybridized carbons (Fsp3) is 0.0435. The quantitative estimate of drug-likeness (QED) is 0.386. The number of aryl methyl sites for hydroxylation is 1. The summed E-state index contributed by atoms with van der Waals surface area (Å²) in [4.78, 5) is 8.78. The highest BCUT2D eigenvalue weighted by Gasteiger charge is 2.15. The monoisotopic (exact) mass is 431 g/mol. The number of nitrogens with zero attached hydrogens (tertiary/aromatic N) is 2. The Labute approximate surface area is 181 Å². The molecule has 0 aliphatic carbocycles. The molecule has 0 amide bonds. The van der Waals surface area contributed by atoms with Crippen LogP contribution in [-0.2, 0) is 10.0 Å². The molecule has 1 heterocycles. The number of hydrogen-bond acceptors (Lipinski definition) is 6. The van der Waals surface area contributed by atoms with Gasteiger partial charge in [0.1, 0.15) is 12.1 Å². The van der Waals surface area contributed by atoms with E-state index >= 15 is 0 Å². The number of hydrogen-bond donors (Lipinski definition) is 3. The van der Waals surface area contributed by atoms with E-state index < -0.39 is 10.0 Å². The minimum Gasteiger partial charge on any atom is -0.399 e. The molecule has 0 aliphatic rings. The Balaban J connectivity index is 1.59. The zero-order valence-electron chi connectivity index (χ0n) is 16.8. The lowest BCUT2D eigenvalue weighted by Gasteiger charge is -2.13. The van der Waals surface area contributed by atoms with Crippen LogP contribution in [0.2, 0.25) is 0 Å².